The van der Waals surface area contributed by atoms with E-state index in [0.717, 1.165) is 17.6 Å². The molecule has 0 bridgehead atoms. The molecule has 3 N–H and O–H groups in total. The maximum atomic E-state index is 11.6. The zero-order valence-electron chi connectivity index (χ0n) is 11.7. The van der Waals surface area contributed by atoms with Crippen molar-refractivity contribution < 1.29 is 4.79 Å². The first-order valence-electron chi connectivity index (χ1n) is 6.62. The maximum Gasteiger partial charge on any atom is 0.240 e. The predicted molar refractivity (Wildman–Crippen MR) is 79.1 cm³/mol. The van der Waals surface area contributed by atoms with Crippen LogP contribution in [0.5, 0.6) is 0 Å². The van der Waals surface area contributed by atoms with Gasteiger partial charge in [-0.2, -0.15) is 0 Å². The van der Waals surface area contributed by atoms with Crippen LogP contribution >= 0.6 is 0 Å². The highest BCUT2D eigenvalue weighted by Crippen LogP contribution is 2.21. The minimum atomic E-state index is -0.499. The molecule has 0 aliphatic rings. The van der Waals surface area contributed by atoms with E-state index in [9.17, 15) is 4.79 Å². The molecule has 1 amide bonds. The van der Waals surface area contributed by atoms with Crippen LogP contribution in [0.1, 0.15) is 20.8 Å². The van der Waals surface area contributed by atoms with Crippen LogP contribution in [0.25, 0.3) is 10.9 Å². The Labute approximate surface area is 113 Å². The average Bonchev–Trinajstić information content (AvgIpc) is 2.71. The van der Waals surface area contributed by atoms with Gasteiger partial charge in [-0.15, -0.1) is 0 Å². The van der Waals surface area contributed by atoms with Gasteiger partial charge < -0.3 is 15.6 Å². The first-order chi connectivity index (χ1) is 8.97. The molecule has 2 rings (SSSR count). The fraction of sp³-hybridized carbons (Fsp3) is 0.400. The number of carbonyl (C=O) groups is 1. The van der Waals surface area contributed by atoms with Gasteiger partial charge in [0.2, 0.25) is 5.91 Å². The van der Waals surface area contributed by atoms with Crippen molar-refractivity contribution in [3.05, 3.63) is 30.5 Å². The number of anilines is 1. The van der Waals surface area contributed by atoms with Gasteiger partial charge in [0.15, 0.2) is 0 Å². The maximum absolute atomic E-state index is 11.6. The van der Waals surface area contributed by atoms with Crippen LogP contribution in [0.3, 0.4) is 0 Å². The van der Waals surface area contributed by atoms with E-state index in [1.807, 2.05) is 18.2 Å². The van der Waals surface area contributed by atoms with Gasteiger partial charge in [-0.3, -0.25) is 4.79 Å². The molecule has 2 aromatic rings. The Bertz CT molecular complexity index is 584. The SMILES string of the molecule is CC(C)Cn1ccc2cc(NC(=O)C(C)N)ccc21. The summed E-state index contributed by atoms with van der Waals surface area (Å²) in [6, 6.07) is 7.50. The molecule has 1 aromatic carbocycles. The lowest BCUT2D eigenvalue weighted by Crippen LogP contribution is -2.32. The molecule has 0 radical (unpaired) electrons. The molecule has 0 aliphatic heterocycles. The minimum absolute atomic E-state index is 0.166. The van der Waals surface area contributed by atoms with Gasteiger partial charge in [-0.25, -0.2) is 0 Å². The number of nitrogens with one attached hydrogen (secondary N) is 1. The first-order valence-corrected chi connectivity index (χ1v) is 6.62. The topological polar surface area (TPSA) is 60.0 Å². The van der Waals surface area contributed by atoms with E-state index in [1.54, 1.807) is 6.92 Å². The molecule has 0 spiro atoms. The van der Waals surface area contributed by atoms with Crippen LogP contribution in [0, 0.1) is 5.92 Å². The van der Waals surface area contributed by atoms with Crippen molar-refractivity contribution in [3.63, 3.8) is 0 Å². The molecule has 1 unspecified atom stereocenters. The number of hydrogen-bond acceptors (Lipinski definition) is 2. The fourth-order valence-electron chi connectivity index (χ4n) is 2.09. The van der Waals surface area contributed by atoms with E-state index in [-0.39, 0.29) is 5.91 Å². The van der Waals surface area contributed by atoms with Crippen LogP contribution in [0.4, 0.5) is 5.69 Å². The lowest BCUT2D eigenvalue weighted by molar-refractivity contribution is -0.117. The number of hydrogen-bond donors (Lipinski definition) is 2. The Balaban J connectivity index is 2.25. The van der Waals surface area contributed by atoms with Crippen molar-refractivity contribution in [2.24, 2.45) is 11.7 Å². The smallest absolute Gasteiger partial charge is 0.240 e. The molecule has 4 nitrogen and oxygen atoms in total. The summed E-state index contributed by atoms with van der Waals surface area (Å²) in [6.45, 7) is 7.06. The molecule has 19 heavy (non-hydrogen) atoms. The molecule has 102 valence electrons. The Kier molecular flexibility index (Phi) is 3.90. The second-order valence-electron chi connectivity index (χ2n) is 5.41. The van der Waals surface area contributed by atoms with Crippen molar-refractivity contribution in [2.75, 3.05) is 5.32 Å². The Morgan fingerprint density at radius 3 is 2.68 bits per heavy atom. The van der Waals surface area contributed by atoms with Crippen LogP contribution in [0.2, 0.25) is 0 Å². The minimum Gasteiger partial charge on any atom is -0.347 e. The van der Waals surface area contributed by atoms with E-state index < -0.39 is 6.04 Å². The summed E-state index contributed by atoms with van der Waals surface area (Å²) in [6.07, 6.45) is 2.09. The number of aromatic nitrogens is 1. The predicted octanol–water partition coefficient (Wildman–Crippen LogP) is 2.58. The third-order valence-corrected chi connectivity index (χ3v) is 3.01. The molecule has 1 atom stereocenters. The average molecular weight is 259 g/mol. The Morgan fingerprint density at radius 1 is 1.32 bits per heavy atom. The molecule has 0 aliphatic carbocycles. The zero-order chi connectivity index (χ0) is 14.0. The summed E-state index contributed by atoms with van der Waals surface area (Å²) < 4.78 is 2.23. The number of nitrogens with zero attached hydrogens (tertiary/aromatic N) is 1. The van der Waals surface area contributed by atoms with Crippen LogP contribution in [-0.4, -0.2) is 16.5 Å². The summed E-state index contributed by atoms with van der Waals surface area (Å²) >= 11 is 0. The summed E-state index contributed by atoms with van der Waals surface area (Å²) in [7, 11) is 0. The monoisotopic (exact) mass is 259 g/mol. The van der Waals surface area contributed by atoms with E-state index in [0.29, 0.717) is 5.92 Å². The third kappa shape index (κ3) is 3.15. The van der Waals surface area contributed by atoms with Crippen LogP contribution in [-0.2, 0) is 11.3 Å². The highest BCUT2D eigenvalue weighted by atomic mass is 16.2. The molecule has 1 heterocycles. The van der Waals surface area contributed by atoms with Crippen molar-refractivity contribution in [1.82, 2.24) is 4.57 Å². The van der Waals surface area contributed by atoms with E-state index in [2.05, 4.69) is 36.0 Å². The Hall–Kier alpha value is -1.81. The second-order valence-corrected chi connectivity index (χ2v) is 5.41. The largest absolute Gasteiger partial charge is 0.347 e. The van der Waals surface area contributed by atoms with Gasteiger partial charge in [0.05, 0.1) is 6.04 Å². The third-order valence-electron chi connectivity index (χ3n) is 3.01. The molecule has 0 saturated carbocycles. The van der Waals surface area contributed by atoms with Crippen LogP contribution < -0.4 is 11.1 Å². The lowest BCUT2D eigenvalue weighted by atomic mass is 10.2. The van der Waals surface area contributed by atoms with Gasteiger partial charge in [-0.05, 0) is 37.1 Å². The highest BCUT2D eigenvalue weighted by molar-refractivity contribution is 5.96. The van der Waals surface area contributed by atoms with Gasteiger partial charge >= 0.3 is 0 Å². The van der Waals surface area contributed by atoms with Crippen molar-refractivity contribution in [3.8, 4) is 0 Å². The molecule has 1 aromatic heterocycles. The first kappa shape index (κ1) is 13.6. The fourth-order valence-corrected chi connectivity index (χ4v) is 2.09. The van der Waals surface area contributed by atoms with Gasteiger partial charge in [0.25, 0.3) is 0 Å². The molecule has 0 fully saturated rings. The van der Waals surface area contributed by atoms with Crippen molar-refractivity contribution >= 4 is 22.5 Å². The van der Waals surface area contributed by atoms with Gasteiger partial charge in [0, 0.05) is 29.3 Å². The summed E-state index contributed by atoms with van der Waals surface area (Å²) in [5.41, 5.74) is 7.52. The molecular formula is C15H21N3O. The second kappa shape index (κ2) is 5.45. The normalized spacial score (nSPS) is 12.9. The Morgan fingerprint density at radius 2 is 2.05 bits per heavy atom. The molecular weight excluding hydrogens is 238 g/mol. The molecule has 0 saturated heterocycles. The summed E-state index contributed by atoms with van der Waals surface area (Å²) in [5, 5.41) is 3.94. The highest BCUT2D eigenvalue weighted by Gasteiger charge is 2.09. The number of nitrogens with two attached hydrogens (primary N) is 1. The van der Waals surface area contributed by atoms with E-state index >= 15 is 0 Å². The van der Waals surface area contributed by atoms with Gasteiger partial charge in [-0.1, -0.05) is 13.8 Å². The number of rotatable bonds is 4. The number of amides is 1. The summed E-state index contributed by atoms with van der Waals surface area (Å²) in [4.78, 5) is 11.6. The van der Waals surface area contributed by atoms with Crippen molar-refractivity contribution in [1.29, 1.82) is 0 Å². The van der Waals surface area contributed by atoms with E-state index in [1.165, 1.54) is 5.52 Å². The quantitative estimate of drug-likeness (QED) is 0.886. The number of benzene rings is 1. The van der Waals surface area contributed by atoms with E-state index in [4.69, 9.17) is 5.73 Å². The van der Waals surface area contributed by atoms with Crippen molar-refractivity contribution in [2.45, 2.75) is 33.4 Å². The van der Waals surface area contributed by atoms with Gasteiger partial charge in [0.1, 0.15) is 0 Å². The lowest BCUT2D eigenvalue weighted by Gasteiger charge is -2.10. The number of carbonyl (C=O) groups excluding carboxylic acids is 1. The molecule has 4 heteroatoms. The van der Waals surface area contributed by atoms with Crippen LogP contribution in [0.15, 0.2) is 30.5 Å². The zero-order valence-corrected chi connectivity index (χ0v) is 11.7. The summed E-state index contributed by atoms with van der Waals surface area (Å²) in [5.74, 6) is 0.439. The number of fused-ring (bicyclic) bond motifs is 1. The standard InChI is InChI=1S/C15H21N3O/c1-10(2)9-18-7-6-12-8-13(4-5-14(12)18)17-15(19)11(3)16/h4-8,10-11H,9,16H2,1-3H3,(H,17,19).